The minimum atomic E-state index is -0.146. The van der Waals surface area contributed by atoms with Crippen LogP contribution in [0.25, 0.3) is 0 Å². The van der Waals surface area contributed by atoms with Crippen LogP contribution < -0.4 is 10.6 Å². The van der Waals surface area contributed by atoms with Crippen LogP contribution in [-0.4, -0.2) is 38.7 Å². The Labute approximate surface area is 139 Å². The molecule has 0 amide bonds. The Kier molecular flexibility index (Phi) is 8.80. The van der Waals surface area contributed by atoms with E-state index in [1.165, 1.54) is 16.7 Å². The highest BCUT2D eigenvalue weighted by molar-refractivity contribution is 5.79. The van der Waals surface area contributed by atoms with Gasteiger partial charge in [0, 0.05) is 26.6 Å². The molecular weight excluding hydrogens is 290 g/mol. The lowest BCUT2D eigenvalue weighted by Crippen LogP contribution is -2.38. The SMILES string of the molecule is CCOC(=O)CCCNC(=NC)NCCc1cc(C)cc(C)c1. The molecule has 0 bridgehead atoms. The number of benzene rings is 1. The van der Waals surface area contributed by atoms with Crippen molar-refractivity contribution in [1.82, 2.24) is 10.6 Å². The first kappa shape index (κ1) is 19.0. The fourth-order valence-corrected chi connectivity index (χ4v) is 2.43. The van der Waals surface area contributed by atoms with Crippen LogP contribution in [0.2, 0.25) is 0 Å². The largest absolute Gasteiger partial charge is 0.466 e. The Morgan fingerprint density at radius 1 is 1.13 bits per heavy atom. The molecule has 128 valence electrons. The van der Waals surface area contributed by atoms with Gasteiger partial charge in [-0.05, 0) is 39.2 Å². The van der Waals surface area contributed by atoms with Gasteiger partial charge < -0.3 is 15.4 Å². The Morgan fingerprint density at radius 2 is 1.78 bits per heavy atom. The highest BCUT2D eigenvalue weighted by atomic mass is 16.5. The van der Waals surface area contributed by atoms with Gasteiger partial charge in [0.1, 0.15) is 0 Å². The molecule has 5 heteroatoms. The molecule has 0 heterocycles. The summed E-state index contributed by atoms with van der Waals surface area (Å²) < 4.78 is 4.90. The van der Waals surface area contributed by atoms with Gasteiger partial charge in [-0.25, -0.2) is 0 Å². The van der Waals surface area contributed by atoms with E-state index in [4.69, 9.17) is 4.74 Å². The number of aryl methyl sites for hydroxylation is 2. The average molecular weight is 319 g/mol. The van der Waals surface area contributed by atoms with Crippen LogP contribution in [0.1, 0.15) is 36.5 Å². The van der Waals surface area contributed by atoms with E-state index in [1.54, 1.807) is 7.05 Å². The van der Waals surface area contributed by atoms with E-state index < -0.39 is 0 Å². The molecule has 0 saturated carbocycles. The van der Waals surface area contributed by atoms with Crippen LogP contribution >= 0.6 is 0 Å². The fraction of sp³-hybridized carbons (Fsp3) is 0.556. The van der Waals surface area contributed by atoms with E-state index >= 15 is 0 Å². The number of hydrogen-bond donors (Lipinski definition) is 2. The first-order chi connectivity index (χ1) is 11.0. The van der Waals surface area contributed by atoms with Crippen molar-refractivity contribution in [3.63, 3.8) is 0 Å². The van der Waals surface area contributed by atoms with Crippen molar-refractivity contribution in [2.24, 2.45) is 4.99 Å². The average Bonchev–Trinajstić information content (AvgIpc) is 2.49. The molecule has 0 aromatic heterocycles. The van der Waals surface area contributed by atoms with Gasteiger partial charge in [0.05, 0.1) is 6.61 Å². The van der Waals surface area contributed by atoms with Gasteiger partial charge in [-0.3, -0.25) is 9.79 Å². The minimum absolute atomic E-state index is 0.146. The third-order valence-corrected chi connectivity index (χ3v) is 3.37. The molecule has 1 aromatic carbocycles. The number of ether oxygens (including phenoxy) is 1. The zero-order chi connectivity index (χ0) is 17.1. The number of nitrogens with zero attached hydrogens (tertiary/aromatic N) is 1. The number of carbonyl (C=O) groups excluding carboxylic acids is 1. The summed E-state index contributed by atoms with van der Waals surface area (Å²) in [7, 11) is 1.75. The summed E-state index contributed by atoms with van der Waals surface area (Å²) in [6.45, 7) is 8.01. The topological polar surface area (TPSA) is 62.7 Å². The van der Waals surface area contributed by atoms with Crippen LogP contribution in [0.3, 0.4) is 0 Å². The molecule has 23 heavy (non-hydrogen) atoms. The van der Waals surface area contributed by atoms with Gasteiger partial charge in [-0.15, -0.1) is 0 Å². The third kappa shape index (κ3) is 8.24. The van der Waals surface area contributed by atoms with Gasteiger partial charge in [-0.1, -0.05) is 29.3 Å². The zero-order valence-electron chi connectivity index (χ0n) is 14.7. The zero-order valence-corrected chi connectivity index (χ0v) is 14.7. The van der Waals surface area contributed by atoms with E-state index in [1.807, 2.05) is 6.92 Å². The summed E-state index contributed by atoms with van der Waals surface area (Å²) >= 11 is 0. The van der Waals surface area contributed by atoms with Crippen molar-refractivity contribution in [3.05, 3.63) is 34.9 Å². The number of hydrogen-bond acceptors (Lipinski definition) is 3. The van der Waals surface area contributed by atoms with Crippen molar-refractivity contribution in [1.29, 1.82) is 0 Å². The van der Waals surface area contributed by atoms with E-state index in [0.29, 0.717) is 19.6 Å². The highest BCUT2D eigenvalue weighted by Gasteiger charge is 2.02. The maximum atomic E-state index is 11.2. The number of esters is 1. The van der Waals surface area contributed by atoms with Crippen molar-refractivity contribution >= 4 is 11.9 Å². The lowest BCUT2D eigenvalue weighted by Gasteiger charge is -2.12. The second kappa shape index (κ2) is 10.6. The quantitative estimate of drug-likeness (QED) is 0.334. The van der Waals surface area contributed by atoms with Crippen LogP contribution in [0.15, 0.2) is 23.2 Å². The lowest BCUT2D eigenvalue weighted by molar-refractivity contribution is -0.143. The van der Waals surface area contributed by atoms with Gasteiger partial charge in [-0.2, -0.15) is 0 Å². The smallest absolute Gasteiger partial charge is 0.305 e. The Morgan fingerprint density at radius 3 is 2.39 bits per heavy atom. The molecule has 1 rings (SSSR count). The Hall–Kier alpha value is -2.04. The maximum absolute atomic E-state index is 11.2. The second-order valence-corrected chi connectivity index (χ2v) is 5.58. The summed E-state index contributed by atoms with van der Waals surface area (Å²) in [4.78, 5) is 15.4. The van der Waals surface area contributed by atoms with E-state index in [0.717, 1.165) is 25.3 Å². The number of rotatable bonds is 8. The summed E-state index contributed by atoms with van der Waals surface area (Å²) in [6.07, 6.45) is 2.11. The minimum Gasteiger partial charge on any atom is -0.466 e. The van der Waals surface area contributed by atoms with Crippen molar-refractivity contribution in [3.8, 4) is 0 Å². The molecule has 0 spiro atoms. The molecule has 2 N–H and O–H groups in total. The number of aliphatic imine (C=N–C) groups is 1. The standard InChI is InChI=1S/C18H29N3O2/c1-5-23-17(22)7-6-9-20-18(19-4)21-10-8-16-12-14(2)11-15(3)13-16/h11-13H,5-10H2,1-4H3,(H2,19,20,21). The van der Waals surface area contributed by atoms with Gasteiger partial charge in [0.25, 0.3) is 0 Å². The monoisotopic (exact) mass is 319 g/mol. The van der Waals surface area contributed by atoms with Crippen molar-refractivity contribution in [2.75, 3.05) is 26.7 Å². The van der Waals surface area contributed by atoms with Crippen molar-refractivity contribution in [2.45, 2.75) is 40.0 Å². The molecule has 0 aliphatic heterocycles. The summed E-state index contributed by atoms with van der Waals surface area (Å²) in [5.74, 6) is 0.616. The number of guanidine groups is 1. The molecule has 1 aromatic rings. The molecule has 5 nitrogen and oxygen atoms in total. The predicted octanol–water partition coefficient (Wildman–Crippen LogP) is 2.35. The van der Waals surface area contributed by atoms with Gasteiger partial charge >= 0.3 is 5.97 Å². The van der Waals surface area contributed by atoms with Crippen LogP contribution in [0.4, 0.5) is 0 Å². The first-order valence-electron chi connectivity index (χ1n) is 8.22. The first-order valence-corrected chi connectivity index (χ1v) is 8.22. The second-order valence-electron chi connectivity index (χ2n) is 5.58. The summed E-state index contributed by atoms with van der Waals surface area (Å²) in [5, 5.41) is 6.50. The summed E-state index contributed by atoms with van der Waals surface area (Å²) in [5.41, 5.74) is 3.91. The number of nitrogens with one attached hydrogen (secondary N) is 2. The van der Waals surface area contributed by atoms with Gasteiger partial charge in [0.2, 0.25) is 0 Å². The number of carbonyl (C=O) groups is 1. The molecule has 0 radical (unpaired) electrons. The molecule has 0 fully saturated rings. The molecular formula is C18H29N3O2. The normalized spacial score (nSPS) is 11.2. The van der Waals surface area contributed by atoms with Crippen molar-refractivity contribution < 1.29 is 9.53 Å². The Bertz CT molecular complexity index is 507. The molecule has 0 aliphatic carbocycles. The third-order valence-electron chi connectivity index (χ3n) is 3.37. The molecule has 0 aliphatic rings. The maximum Gasteiger partial charge on any atom is 0.305 e. The molecule has 0 atom stereocenters. The van der Waals surface area contributed by atoms with E-state index in [-0.39, 0.29) is 5.97 Å². The Balaban J connectivity index is 2.25. The van der Waals surface area contributed by atoms with Crippen LogP contribution in [0.5, 0.6) is 0 Å². The van der Waals surface area contributed by atoms with Gasteiger partial charge in [0.15, 0.2) is 5.96 Å². The molecule has 0 unspecified atom stereocenters. The van der Waals surface area contributed by atoms with Crippen LogP contribution in [0, 0.1) is 13.8 Å². The highest BCUT2D eigenvalue weighted by Crippen LogP contribution is 2.08. The van der Waals surface area contributed by atoms with E-state index in [9.17, 15) is 4.79 Å². The lowest BCUT2D eigenvalue weighted by atomic mass is 10.1. The predicted molar refractivity (Wildman–Crippen MR) is 94.9 cm³/mol. The van der Waals surface area contributed by atoms with Crippen LogP contribution in [-0.2, 0) is 16.0 Å². The summed E-state index contributed by atoms with van der Waals surface area (Å²) in [6, 6.07) is 6.61. The van der Waals surface area contributed by atoms with E-state index in [2.05, 4.69) is 47.7 Å². The molecule has 0 saturated heterocycles. The fourth-order valence-electron chi connectivity index (χ4n) is 2.43.